The van der Waals surface area contributed by atoms with Crippen molar-refractivity contribution < 1.29 is 13.2 Å². The van der Waals surface area contributed by atoms with Crippen molar-refractivity contribution >= 4 is 33.0 Å². The highest BCUT2D eigenvalue weighted by Gasteiger charge is 2.20. The Hall–Kier alpha value is -0.250. The Bertz CT molecular complexity index is 502. The van der Waals surface area contributed by atoms with Crippen LogP contribution in [0.2, 0.25) is 4.47 Å². The molecule has 0 aliphatic heterocycles. The third-order valence-electron chi connectivity index (χ3n) is 2.19. The lowest BCUT2D eigenvalue weighted by Crippen LogP contribution is -2.28. The van der Waals surface area contributed by atoms with E-state index in [9.17, 15) is 8.42 Å². The summed E-state index contributed by atoms with van der Waals surface area (Å²) >= 11 is 6.64. The van der Waals surface area contributed by atoms with Crippen LogP contribution in [-0.4, -0.2) is 58.7 Å². The zero-order valence-corrected chi connectivity index (χ0v) is 13.5. The zero-order valence-electron chi connectivity index (χ0n) is 11.1. The Balaban J connectivity index is 2.38. The molecule has 0 fully saturated rings. The summed E-state index contributed by atoms with van der Waals surface area (Å²) in [5.74, 6) is 0. The summed E-state index contributed by atoms with van der Waals surface area (Å²) in [7, 11) is 0.351. The van der Waals surface area contributed by atoms with E-state index in [1.54, 1.807) is 6.92 Å². The molecule has 1 rings (SSSR count). The van der Waals surface area contributed by atoms with E-state index in [4.69, 9.17) is 16.3 Å². The van der Waals surface area contributed by atoms with Crippen LogP contribution in [-0.2, 0) is 14.8 Å². The number of rotatable bonds is 8. The molecule has 0 amide bonds. The molecule has 9 heteroatoms. The van der Waals surface area contributed by atoms with Gasteiger partial charge in [-0.15, -0.1) is 0 Å². The first-order valence-corrected chi connectivity index (χ1v) is 8.36. The van der Waals surface area contributed by atoms with Crippen LogP contribution in [0, 0.1) is 6.92 Å². The van der Waals surface area contributed by atoms with Crippen LogP contribution in [0.25, 0.3) is 0 Å². The second kappa shape index (κ2) is 7.51. The first-order chi connectivity index (χ1) is 8.83. The highest BCUT2D eigenvalue weighted by atomic mass is 35.5. The molecule has 6 nitrogen and oxygen atoms in total. The number of halogens is 1. The van der Waals surface area contributed by atoms with Crippen LogP contribution in [0.3, 0.4) is 0 Å². The lowest BCUT2D eigenvalue weighted by Gasteiger charge is -2.10. The van der Waals surface area contributed by atoms with Crippen molar-refractivity contribution in [3.63, 3.8) is 0 Å². The van der Waals surface area contributed by atoms with Gasteiger partial charge in [-0.2, -0.15) is 0 Å². The molecule has 0 bridgehead atoms. The minimum Gasteiger partial charge on any atom is -0.379 e. The van der Waals surface area contributed by atoms with Crippen molar-refractivity contribution in [2.75, 3.05) is 40.4 Å². The summed E-state index contributed by atoms with van der Waals surface area (Å²) in [6, 6.07) is 0. The van der Waals surface area contributed by atoms with Crippen molar-refractivity contribution in [1.82, 2.24) is 14.6 Å². The van der Waals surface area contributed by atoms with Crippen LogP contribution >= 0.6 is 22.9 Å². The maximum atomic E-state index is 11.9. The normalized spacial score (nSPS) is 12.3. The van der Waals surface area contributed by atoms with E-state index < -0.39 is 10.0 Å². The van der Waals surface area contributed by atoms with Gasteiger partial charge >= 0.3 is 0 Å². The molecule has 19 heavy (non-hydrogen) atoms. The van der Waals surface area contributed by atoms with Gasteiger partial charge in [-0.05, 0) is 21.0 Å². The third kappa shape index (κ3) is 5.72. The van der Waals surface area contributed by atoms with Crippen LogP contribution in [0.1, 0.15) is 5.69 Å². The highest BCUT2D eigenvalue weighted by molar-refractivity contribution is 7.91. The van der Waals surface area contributed by atoms with Crippen molar-refractivity contribution in [3.05, 3.63) is 10.2 Å². The number of nitrogens with zero attached hydrogens (tertiary/aromatic N) is 2. The van der Waals surface area contributed by atoms with E-state index in [2.05, 4.69) is 9.71 Å². The van der Waals surface area contributed by atoms with Crippen molar-refractivity contribution in [1.29, 1.82) is 0 Å². The number of hydrogen-bond donors (Lipinski definition) is 1. The summed E-state index contributed by atoms with van der Waals surface area (Å²) in [6.07, 6.45) is 0. The molecule has 0 saturated carbocycles. The fraction of sp³-hybridized carbons (Fsp3) is 0.700. The maximum Gasteiger partial charge on any atom is 0.252 e. The number of ether oxygens (including phenoxy) is 1. The van der Waals surface area contributed by atoms with Crippen LogP contribution in [0.5, 0.6) is 0 Å². The second-order valence-corrected chi connectivity index (χ2v) is 7.70. The van der Waals surface area contributed by atoms with Crippen LogP contribution < -0.4 is 4.72 Å². The number of thiazole rings is 1. The van der Waals surface area contributed by atoms with Gasteiger partial charge in [0.2, 0.25) is 0 Å². The molecular weight excluding hydrogens is 310 g/mol. The number of aryl methyl sites for hydroxylation is 1. The molecule has 0 aliphatic rings. The predicted molar refractivity (Wildman–Crippen MR) is 76.4 cm³/mol. The smallest absolute Gasteiger partial charge is 0.252 e. The summed E-state index contributed by atoms with van der Waals surface area (Å²) in [4.78, 5) is 5.88. The van der Waals surface area contributed by atoms with Crippen molar-refractivity contribution in [2.45, 2.75) is 11.1 Å². The number of sulfonamides is 1. The monoisotopic (exact) mass is 327 g/mol. The number of nitrogens with one attached hydrogen (secondary N) is 1. The predicted octanol–water partition coefficient (Wildman–Crippen LogP) is 0.961. The highest BCUT2D eigenvalue weighted by Crippen LogP contribution is 2.26. The molecular formula is C10H18ClN3O3S2. The van der Waals surface area contributed by atoms with Crippen molar-refractivity contribution in [2.24, 2.45) is 0 Å². The molecule has 0 radical (unpaired) electrons. The summed E-state index contributed by atoms with van der Waals surface area (Å²) < 4.78 is 32.0. The SMILES string of the molecule is Cc1nc(Cl)sc1S(=O)(=O)NCCOCCN(C)C. The molecule has 0 aliphatic carbocycles. The Morgan fingerprint density at radius 1 is 1.42 bits per heavy atom. The molecule has 110 valence electrons. The third-order valence-corrected chi connectivity index (χ3v) is 5.53. The second-order valence-electron chi connectivity index (χ2n) is 4.15. The molecule has 0 atom stereocenters. The molecule has 0 saturated heterocycles. The Morgan fingerprint density at radius 2 is 2.11 bits per heavy atom. The Morgan fingerprint density at radius 3 is 2.63 bits per heavy atom. The molecule has 0 aromatic carbocycles. The molecule has 1 aromatic rings. The summed E-state index contributed by atoms with van der Waals surface area (Å²) in [5, 5.41) is 0. The minimum atomic E-state index is -3.54. The van der Waals surface area contributed by atoms with Gasteiger partial charge in [-0.1, -0.05) is 22.9 Å². The van der Waals surface area contributed by atoms with Gasteiger partial charge in [0, 0.05) is 13.1 Å². The first-order valence-electron chi connectivity index (χ1n) is 5.68. The fourth-order valence-electron chi connectivity index (χ4n) is 1.26. The van der Waals surface area contributed by atoms with Crippen LogP contribution in [0.15, 0.2) is 4.21 Å². The van der Waals surface area contributed by atoms with E-state index in [1.807, 2.05) is 19.0 Å². The Kier molecular flexibility index (Phi) is 6.64. The number of likely N-dealkylation sites (N-methyl/N-ethyl adjacent to an activating group) is 1. The zero-order chi connectivity index (χ0) is 14.5. The molecule has 0 unspecified atom stereocenters. The lowest BCUT2D eigenvalue weighted by atomic mass is 10.6. The molecule has 0 spiro atoms. The average Bonchev–Trinajstić information content (AvgIpc) is 2.63. The summed E-state index contributed by atoms with van der Waals surface area (Å²) in [6.45, 7) is 3.55. The average molecular weight is 328 g/mol. The maximum absolute atomic E-state index is 11.9. The van der Waals surface area contributed by atoms with Gasteiger partial charge in [0.15, 0.2) is 8.68 Å². The number of hydrogen-bond acceptors (Lipinski definition) is 6. The van der Waals surface area contributed by atoms with E-state index >= 15 is 0 Å². The first kappa shape index (κ1) is 16.8. The van der Waals surface area contributed by atoms with E-state index in [1.165, 1.54) is 0 Å². The van der Waals surface area contributed by atoms with Gasteiger partial charge in [0.1, 0.15) is 0 Å². The van der Waals surface area contributed by atoms with Gasteiger partial charge in [-0.25, -0.2) is 18.1 Å². The van der Waals surface area contributed by atoms with Gasteiger partial charge < -0.3 is 9.64 Å². The molecule has 1 heterocycles. The molecule has 1 N–H and O–H groups in total. The van der Waals surface area contributed by atoms with Crippen LogP contribution in [0.4, 0.5) is 0 Å². The topological polar surface area (TPSA) is 71.5 Å². The van der Waals surface area contributed by atoms with Crippen molar-refractivity contribution in [3.8, 4) is 0 Å². The fourth-order valence-corrected chi connectivity index (χ4v) is 4.06. The lowest BCUT2D eigenvalue weighted by molar-refractivity contribution is 0.122. The van der Waals surface area contributed by atoms with Gasteiger partial charge in [-0.3, -0.25) is 0 Å². The van der Waals surface area contributed by atoms with E-state index in [0.29, 0.717) is 18.9 Å². The van der Waals surface area contributed by atoms with E-state index in [-0.39, 0.29) is 15.2 Å². The Labute approximate surface area is 122 Å². The minimum absolute atomic E-state index is 0.158. The van der Waals surface area contributed by atoms with Gasteiger partial charge in [0.05, 0.1) is 18.9 Å². The van der Waals surface area contributed by atoms with Gasteiger partial charge in [0.25, 0.3) is 10.0 Å². The summed E-state index contributed by atoms with van der Waals surface area (Å²) in [5.41, 5.74) is 0.413. The van der Waals surface area contributed by atoms with E-state index in [0.717, 1.165) is 17.9 Å². The molecule has 1 aromatic heterocycles. The largest absolute Gasteiger partial charge is 0.379 e. The number of aromatic nitrogens is 1. The standard InChI is InChI=1S/C10H18ClN3O3S2/c1-8-9(18-10(11)13-8)19(15,16)12-4-6-17-7-5-14(2)3/h12H,4-7H2,1-3H3. The quantitative estimate of drug-likeness (QED) is 0.720.